The Labute approximate surface area is 626 Å². The number of esters is 4. The summed E-state index contributed by atoms with van der Waals surface area (Å²) >= 11 is 0. The van der Waals surface area contributed by atoms with Gasteiger partial charge >= 0.3 is 39.5 Å². The van der Waals surface area contributed by atoms with Crippen LogP contribution in [0.3, 0.4) is 0 Å². The average molecular weight is 1490 g/mol. The summed E-state index contributed by atoms with van der Waals surface area (Å²) < 4.78 is 68.8. The van der Waals surface area contributed by atoms with Gasteiger partial charge in [0.1, 0.15) is 19.3 Å². The first-order chi connectivity index (χ1) is 49.2. The van der Waals surface area contributed by atoms with Gasteiger partial charge in [0.2, 0.25) is 0 Å². The van der Waals surface area contributed by atoms with Crippen molar-refractivity contribution in [1.29, 1.82) is 0 Å². The van der Waals surface area contributed by atoms with E-state index in [2.05, 4.69) is 48.5 Å². The van der Waals surface area contributed by atoms with Gasteiger partial charge in [-0.2, -0.15) is 0 Å². The number of hydrogen-bond acceptors (Lipinski definition) is 15. The number of rotatable bonds is 81. The van der Waals surface area contributed by atoms with Crippen molar-refractivity contribution in [2.24, 2.45) is 17.8 Å². The second kappa shape index (κ2) is 73.2. The molecule has 0 aromatic heterocycles. The van der Waals surface area contributed by atoms with E-state index in [-0.39, 0.29) is 25.7 Å². The van der Waals surface area contributed by atoms with Crippen LogP contribution in [0.1, 0.15) is 434 Å². The fraction of sp³-hybridized carbons (Fsp3) is 0.952. The highest BCUT2D eigenvalue weighted by Crippen LogP contribution is 2.45. The highest BCUT2D eigenvalue weighted by atomic mass is 31.2. The molecule has 0 fully saturated rings. The summed E-state index contributed by atoms with van der Waals surface area (Å²) in [5, 5.41) is 10.6. The van der Waals surface area contributed by atoms with E-state index >= 15 is 0 Å². The van der Waals surface area contributed by atoms with E-state index < -0.39 is 97.5 Å². The predicted octanol–water partition coefficient (Wildman–Crippen LogP) is 24.9. The standard InChI is InChI=1S/C83H162O17P2/c1-8-9-10-11-12-13-14-24-32-37-44-52-59-66-82(87)100-79(71-94-81(86)65-58-51-46-39-42-49-56-63-76(6)7)73-98-102(91,92)96-69-77(84)68-95-101(89,90)97-72-78(70-93-80(85)64-57-50-43-36-31-27-23-19-21-26-30-35-41-48-55-62-75(4)5)99-83(88)67-60-53-45-38-33-28-22-18-16-15-17-20-25-29-34-40-47-54-61-74(2)3/h74-79,84H,8-73H2,1-7H3,(H,89,90)(H,91,92)/t77-,78-,79-/m1/s1. The highest BCUT2D eigenvalue weighted by molar-refractivity contribution is 7.47. The zero-order valence-electron chi connectivity index (χ0n) is 67.1. The number of hydrogen-bond donors (Lipinski definition) is 3. The normalized spacial score (nSPS) is 13.9. The van der Waals surface area contributed by atoms with Gasteiger partial charge in [-0.25, -0.2) is 9.13 Å². The van der Waals surface area contributed by atoms with Gasteiger partial charge in [-0.15, -0.1) is 0 Å². The lowest BCUT2D eigenvalue weighted by molar-refractivity contribution is -0.161. The van der Waals surface area contributed by atoms with Crippen LogP contribution >= 0.6 is 15.6 Å². The SMILES string of the molecule is CCCCCCCCCCCCCCCC(=O)O[C@H](COC(=O)CCCCCCCCCC(C)C)COP(=O)(O)OC[C@H](O)COP(=O)(O)OC[C@@H](COC(=O)CCCCCCCCCCCCCCCCCC(C)C)OC(=O)CCCCCCCCCCCCCCCCCCCCC(C)C. The quantitative estimate of drug-likeness (QED) is 0.0222. The van der Waals surface area contributed by atoms with E-state index in [9.17, 15) is 43.2 Å². The molecule has 0 spiro atoms. The molecule has 0 heterocycles. The van der Waals surface area contributed by atoms with E-state index in [0.29, 0.717) is 31.6 Å². The molecule has 0 aromatic carbocycles. The predicted molar refractivity (Wildman–Crippen MR) is 418 cm³/mol. The number of carbonyl (C=O) groups excluding carboxylic acids is 4. The third kappa shape index (κ3) is 76.3. The second-order valence-corrected chi connectivity index (χ2v) is 34.2. The largest absolute Gasteiger partial charge is 0.472 e. The summed E-state index contributed by atoms with van der Waals surface area (Å²) in [5.41, 5.74) is 0. The summed E-state index contributed by atoms with van der Waals surface area (Å²) in [7, 11) is -9.92. The zero-order valence-corrected chi connectivity index (χ0v) is 68.9. The molecule has 0 bridgehead atoms. The monoisotopic (exact) mass is 1490 g/mol. The highest BCUT2D eigenvalue weighted by Gasteiger charge is 2.30. The number of phosphoric acid groups is 2. The van der Waals surface area contributed by atoms with E-state index in [1.165, 1.54) is 238 Å². The molecular formula is C83H162O17P2. The number of carbonyl (C=O) groups is 4. The molecule has 0 radical (unpaired) electrons. The molecule has 3 N–H and O–H groups in total. The Morgan fingerprint density at radius 3 is 0.667 bits per heavy atom. The maximum Gasteiger partial charge on any atom is 0.472 e. The Morgan fingerprint density at radius 1 is 0.265 bits per heavy atom. The van der Waals surface area contributed by atoms with Gasteiger partial charge in [0.15, 0.2) is 12.2 Å². The molecular weight excluding hydrogens is 1330 g/mol. The van der Waals surface area contributed by atoms with Crippen LogP contribution in [0.2, 0.25) is 0 Å². The topological polar surface area (TPSA) is 237 Å². The smallest absolute Gasteiger partial charge is 0.462 e. The van der Waals surface area contributed by atoms with Crippen molar-refractivity contribution in [3.05, 3.63) is 0 Å². The van der Waals surface area contributed by atoms with Gasteiger partial charge in [0.25, 0.3) is 0 Å². The first-order valence-corrected chi connectivity index (χ1v) is 45.8. The van der Waals surface area contributed by atoms with Crippen molar-refractivity contribution in [3.63, 3.8) is 0 Å². The summed E-state index contributed by atoms with van der Waals surface area (Å²) in [6, 6.07) is 0. The fourth-order valence-electron chi connectivity index (χ4n) is 12.8. The molecule has 0 aliphatic heterocycles. The number of phosphoric ester groups is 2. The zero-order chi connectivity index (χ0) is 75.1. The number of aliphatic hydroxyl groups excluding tert-OH is 1. The lowest BCUT2D eigenvalue weighted by Gasteiger charge is -2.21. The molecule has 2 unspecified atom stereocenters. The summed E-state index contributed by atoms with van der Waals surface area (Å²) in [4.78, 5) is 73.1. The molecule has 0 rings (SSSR count). The maximum absolute atomic E-state index is 13.1. The van der Waals surface area contributed by atoms with Gasteiger partial charge in [-0.3, -0.25) is 37.3 Å². The Kier molecular flexibility index (Phi) is 71.8. The Morgan fingerprint density at radius 2 is 0.451 bits per heavy atom. The van der Waals surface area contributed by atoms with Crippen molar-refractivity contribution >= 4 is 39.5 Å². The van der Waals surface area contributed by atoms with Crippen LogP contribution in [-0.4, -0.2) is 96.7 Å². The molecule has 19 heteroatoms. The Hall–Kier alpha value is -1.94. The minimum absolute atomic E-state index is 0.107. The van der Waals surface area contributed by atoms with Crippen LogP contribution in [0.5, 0.6) is 0 Å². The second-order valence-electron chi connectivity index (χ2n) is 31.3. The van der Waals surface area contributed by atoms with E-state index in [1.54, 1.807) is 0 Å². The third-order valence-electron chi connectivity index (χ3n) is 19.4. The molecule has 0 amide bonds. The summed E-state index contributed by atoms with van der Waals surface area (Å²) in [6.07, 6.45) is 62.6. The molecule has 0 aliphatic carbocycles. The van der Waals surface area contributed by atoms with Gasteiger partial charge in [0, 0.05) is 25.7 Å². The minimum Gasteiger partial charge on any atom is -0.462 e. The van der Waals surface area contributed by atoms with E-state index in [0.717, 1.165) is 108 Å². The fourth-order valence-corrected chi connectivity index (χ4v) is 14.4. The lowest BCUT2D eigenvalue weighted by atomic mass is 10.0. The van der Waals surface area contributed by atoms with Crippen molar-refractivity contribution in [1.82, 2.24) is 0 Å². The van der Waals surface area contributed by atoms with E-state index in [1.807, 2.05) is 0 Å². The van der Waals surface area contributed by atoms with Crippen LogP contribution in [0.4, 0.5) is 0 Å². The number of unbranched alkanes of at least 4 members (excludes halogenated alkanes) is 49. The van der Waals surface area contributed by atoms with Gasteiger partial charge in [0.05, 0.1) is 26.4 Å². The lowest BCUT2D eigenvalue weighted by Crippen LogP contribution is -2.30. The van der Waals surface area contributed by atoms with Gasteiger partial charge in [-0.05, 0) is 43.4 Å². The number of aliphatic hydroxyl groups is 1. The minimum atomic E-state index is -4.96. The van der Waals surface area contributed by atoms with Crippen LogP contribution in [0.25, 0.3) is 0 Å². The average Bonchev–Trinajstić information content (AvgIpc) is 0.914. The third-order valence-corrected chi connectivity index (χ3v) is 21.3. The Balaban J connectivity index is 5.22. The molecule has 0 aliphatic rings. The Bertz CT molecular complexity index is 1970. The van der Waals surface area contributed by atoms with Crippen LogP contribution in [0.15, 0.2) is 0 Å². The van der Waals surface area contributed by atoms with Crippen molar-refractivity contribution in [2.75, 3.05) is 39.6 Å². The molecule has 5 atom stereocenters. The molecule has 0 saturated carbocycles. The molecule has 606 valence electrons. The van der Waals surface area contributed by atoms with Crippen molar-refractivity contribution in [3.8, 4) is 0 Å². The van der Waals surface area contributed by atoms with Gasteiger partial charge < -0.3 is 33.8 Å². The molecule has 0 aromatic rings. The first kappa shape index (κ1) is 100. The number of ether oxygens (including phenoxy) is 4. The van der Waals surface area contributed by atoms with E-state index in [4.69, 9.17) is 37.0 Å². The summed E-state index contributed by atoms with van der Waals surface area (Å²) in [5.74, 6) is 0.223. The molecule has 0 saturated heterocycles. The molecule has 17 nitrogen and oxygen atoms in total. The van der Waals surface area contributed by atoms with Crippen LogP contribution in [-0.2, 0) is 65.4 Å². The van der Waals surface area contributed by atoms with Crippen LogP contribution in [0, 0.1) is 17.8 Å². The maximum atomic E-state index is 13.1. The first-order valence-electron chi connectivity index (χ1n) is 42.8. The van der Waals surface area contributed by atoms with Crippen molar-refractivity contribution in [2.45, 2.75) is 452 Å². The van der Waals surface area contributed by atoms with Crippen LogP contribution < -0.4 is 0 Å². The van der Waals surface area contributed by atoms with Gasteiger partial charge in [-0.1, -0.05) is 382 Å². The van der Waals surface area contributed by atoms with Crippen molar-refractivity contribution < 1.29 is 80.2 Å². The molecule has 102 heavy (non-hydrogen) atoms. The summed E-state index contributed by atoms with van der Waals surface area (Å²) in [6.45, 7) is 12.0.